The summed E-state index contributed by atoms with van der Waals surface area (Å²) in [7, 11) is 0. The molecule has 1 heterocycles. The van der Waals surface area contributed by atoms with Gasteiger partial charge in [0, 0.05) is 6.54 Å². The second-order valence-corrected chi connectivity index (χ2v) is 6.00. The Hall–Kier alpha value is -0.850. The summed E-state index contributed by atoms with van der Waals surface area (Å²) in [5.41, 5.74) is 1.15. The number of hydrogen-bond donors (Lipinski definition) is 1. The van der Waals surface area contributed by atoms with Crippen LogP contribution in [0.15, 0.2) is 31.7 Å². The third-order valence-corrected chi connectivity index (χ3v) is 3.80. The highest BCUT2D eigenvalue weighted by molar-refractivity contribution is 9.11. The molecule has 0 aliphatic rings. The van der Waals surface area contributed by atoms with E-state index in [2.05, 4.69) is 42.2 Å². The first-order valence-corrected chi connectivity index (χ1v) is 7.91. The van der Waals surface area contributed by atoms with Crippen LogP contribution >= 0.6 is 31.9 Å². The lowest BCUT2D eigenvalue weighted by Crippen LogP contribution is -2.13. The molecule has 1 aromatic heterocycles. The van der Waals surface area contributed by atoms with Gasteiger partial charge in [-0.1, -0.05) is 0 Å². The van der Waals surface area contributed by atoms with Crippen LogP contribution in [0.5, 0.6) is 5.75 Å². The molecule has 1 N–H and O–H groups in total. The van der Waals surface area contributed by atoms with Crippen molar-refractivity contribution < 1.29 is 9.15 Å². The summed E-state index contributed by atoms with van der Waals surface area (Å²) in [4.78, 5) is 4.15. The predicted molar refractivity (Wildman–Crippen MR) is 84.8 cm³/mol. The molecule has 0 spiro atoms. The topological polar surface area (TPSA) is 47.3 Å². The van der Waals surface area contributed by atoms with Gasteiger partial charge in [-0.05, 0) is 63.4 Å². The van der Waals surface area contributed by atoms with Gasteiger partial charge in [-0.3, -0.25) is 0 Å². The minimum atomic E-state index is 0.607. The molecule has 1 aromatic carbocycles. The number of oxazole rings is 1. The van der Waals surface area contributed by atoms with Crippen LogP contribution < -0.4 is 10.1 Å². The molecule has 0 saturated carbocycles. The lowest BCUT2D eigenvalue weighted by molar-refractivity contribution is 0.336. The smallest absolute Gasteiger partial charge is 0.208 e. The monoisotopic (exact) mass is 402 g/mol. The summed E-state index contributed by atoms with van der Waals surface area (Å²) in [5, 5.41) is 3.30. The second kappa shape index (κ2) is 7.24. The Kier molecular flexibility index (Phi) is 5.63. The van der Waals surface area contributed by atoms with Crippen molar-refractivity contribution in [3.63, 3.8) is 0 Å². The van der Waals surface area contributed by atoms with Gasteiger partial charge in [-0.2, -0.15) is 0 Å². The quantitative estimate of drug-likeness (QED) is 0.785. The maximum Gasteiger partial charge on any atom is 0.208 e. The first-order chi connectivity index (χ1) is 9.60. The molecule has 4 nitrogen and oxygen atoms in total. The van der Waals surface area contributed by atoms with E-state index in [9.17, 15) is 0 Å². The highest BCUT2D eigenvalue weighted by Crippen LogP contribution is 2.34. The second-order valence-electron chi connectivity index (χ2n) is 4.29. The summed E-state index contributed by atoms with van der Waals surface area (Å²) >= 11 is 7.05. The Balaban J connectivity index is 1.96. The molecule has 0 saturated heterocycles. The Labute approximate surface area is 135 Å². The molecule has 0 bridgehead atoms. The van der Waals surface area contributed by atoms with Crippen molar-refractivity contribution in [3.05, 3.63) is 44.5 Å². The molecule has 0 atom stereocenters. The number of benzene rings is 1. The van der Waals surface area contributed by atoms with Crippen molar-refractivity contribution in [2.45, 2.75) is 26.9 Å². The van der Waals surface area contributed by atoms with Crippen molar-refractivity contribution in [3.8, 4) is 5.75 Å². The van der Waals surface area contributed by atoms with Gasteiger partial charge < -0.3 is 14.5 Å². The Bertz CT molecular complexity index is 561. The summed E-state index contributed by atoms with van der Waals surface area (Å²) in [6.07, 6.45) is 1.72. The van der Waals surface area contributed by atoms with Crippen molar-refractivity contribution in [1.82, 2.24) is 10.3 Å². The van der Waals surface area contributed by atoms with Gasteiger partial charge in [0.25, 0.3) is 0 Å². The standard InChI is InChI=1S/C14H16Br2N2O2/c1-3-19-14-11(15)4-10(5-12(14)16)7-17-8-13-18-6-9(2)20-13/h4-6,17H,3,7-8H2,1-2H3. The highest BCUT2D eigenvalue weighted by Gasteiger charge is 2.08. The molecule has 2 rings (SSSR count). The number of nitrogens with one attached hydrogen (secondary N) is 1. The van der Waals surface area contributed by atoms with Crippen molar-refractivity contribution in [2.24, 2.45) is 0 Å². The molecule has 0 unspecified atom stereocenters. The van der Waals surface area contributed by atoms with Gasteiger partial charge in [0.2, 0.25) is 5.89 Å². The average Bonchev–Trinajstić information content (AvgIpc) is 2.80. The minimum absolute atomic E-state index is 0.607. The zero-order chi connectivity index (χ0) is 14.5. The van der Waals surface area contributed by atoms with E-state index in [4.69, 9.17) is 9.15 Å². The maximum absolute atomic E-state index is 5.56. The van der Waals surface area contributed by atoms with E-state index in [0.717, 1.165) is 32.6 Å². The number of ether oxygens (including phenoxy) is 1. The molecule has 108 valence electrons. The van der Waals surface area contributed by atoms with Gasteiger partial charge in [0.1, 0.15) is 11.5 Å². The largest absolute Gasteiger partial charge is 0.492 e. The number of aryl methyl sites for hydroxylation is 1. The van der Waals surface area contributed by atoms with Crippen LogP contribution in [0.4, 0.5) is 0 Å². The first kappa shape index (κ1) is 15.5. The van der Waals surface area contributed by atoms with Crippen LogP contribution in [0.2, 0.25) is 0 Å². The molecule has 0 aliphatic heterocycles. The third kappa shape index (κ3) is 4.07. The normalized spacial score (nSPS) is 10.8. The Morgan fingerprint density at radius 2 is 1.95 bits per heavy atom. The molecular formula is C14H16Br2N2O2. The van der Waals surface area contributed by atoms with Crippen LogP contribution in [0.3, 0.4) is 0 Å². The number of halogens is 2. The Morgan fingerprint density at radius 3 is 2.50 bits per heavy atom. The summed E-state index contributed by atoms with van der Waals surface area (Å²) < 4.78 is 12.9. The van der Waals surface area contributed by atoms with Crippen LogP contribution in [0.1, 0.15) is 24.1 Å². The molecule has 2 aromatic rings. The molecular weight excluding hydrogens is 388 g/mol. The summed E-state index contributed by atoms with van der Waals surface area (Å²) in [6.45, 7) is 5.82. The molecule has 0 fully saturated rings. The molecule has 6 heteroatoms. The zero-order valence-electron chi connectivity index (χ0n) is 11.4. The van der Waals surface area contributed by atoms with E-state index in [1.165, 1.54) is 0 Å². The Morgan fingerprint density at radius 1 is 1.25 bits per heavy atom. The molecule has 0 amide bonds. The van der Waals surface area contributed by atoms with Gasteiger partial charge in [0.05, 0.1) is 28.3 Å². The van der Waals surface area contributed by atoms with Crippen LogP contribution in [-0.2, 0) is 13.1 Å². The lowest BCUT2D eigenvalue weighted by atomic mass is 10.2. The number of aromatic nitrogens is 1. The van der Waals surface area contributed by atoms with Gasteiger partial charge in [-0.15, -0.1) is 0 Å². The van der Waals surface area contributed by atoms with E-state index in [1.54, 1.807) is 6.20 Å². The zero-order valence-corrected chi connectivity index (χ0v) is 14.5. The van der Waals surface area contributed by atoms with Crippen molar-refractivity contribution in [1.29, 1.82) is 0 Å². The van der Waals surface area contributed by atoms with E-state index in [-0.39, 0.29) is 0 Å². The number of hydrogen-bond acceptors (Lipinski definition) is 4. The summed E-state index contributed by atoms with van der Waals surface area (Å²) in [6, 6.07) is 4.09. The minimum Gasteiger partial charge on any atom is -0.492 e. The fourth-order valence-electron chi connectivity index (χ4n) is 1.79. The van der Waals surface area contributed by atoms with Crippen LogP contribution in [0.25, 0.3) is 0 Å². The van der Waals surface area contributed by atoms with Crippen molar-refractivity contribution >= 4 is 31.9 Å². The molecule has 20 heavy (non-hydrogen) atoms. The van der Waals surface area contributed by atoms with Gasteiger partial charge in [-0.25, -0.2) is 4.98 Å². The molecule has 0 aliphatic carbocycles. The van der Waals surface area contributed by atoms with E-state index >= 15 is 0 Å². The SMILES string of the molecule is CCOc1c(Br)cc(CNCc2ncc(C)o2)cc1Br. The highest BCUT2D eigenvalue weighted by atomic mass is 79.9. The average molecular weight is 404 g/mol. The summed E-state index contributed by atoms with van der Waals surface area (Å²) in [5.74, 6) is 2.36. The van der Waals surface area contributed by atoms with Crippen molar-refractivity contribution in [2.75, 3.05) is 6.61 Å². The van der Waals surface area contributed by atoms with Crippen LogP contribution in [0, 0.1) is 6.92 Å². The number of rotatable bonds is 6. The van der Waals surface area contributed by atoms with E-state index in [0.29, 0.717) is 19.0 Å². The maximum atomic E-state index is 5.56. The van der Waals surface area contributed by atoms with Crippen LogP contribution in [-0.4, -0.2) is 11.6 Å². The predicted octanol–water partition coefficient (Wildman–Crippen LogP) is 4.20. The fraction of sp³-hybridized carbons (Fsp3) is 0.357. The fourth-order valence-corrected chi connectivity index (χ4v) is 3.30. The van der Waals surface area contributed by atoms with E-state index < -0.39 is 0 Å². The third-order valence-electron chi connectivity index (χ3n) is 2.62. The van der Waals surface area contributed by atoms with E-state index in [1.807, 2.05) is 26.0 Å². The molecule has 0 radical (unpaired) electrons. The number of nitrogens with zero attached hydrogens (tertiary/aromatic N) is 1. The van der Waals surface area contributed by atoms with Gasteiger partial charge >= 0.3 is 0 Å². The first-order valence-electron chi connectivity index (χ1n) is 6.33. The van der Waals surface area contributed by atoms with Gasteiger partial charge in [0.15, 0.2) is 0 Å². The lowest BCUT2D eigenvalue weighted by Gasteiger charge is -2.11.